The van der Waals surface area contributed by atoms with E-state index in [1.165, 1.54) is 4.68 Å². The molecule has 2 saturated heterocycles. The molecule has 0 aliphatic carbocycles. The zero-order valence-electron chi connectivity index (χ0n) is 16.9. The van der Waals surface area contributed by atoms with Crippen LogP contribution in [0.5, 0.6) is 0 Å². The lowest BCUT2D eigenvalue weighted by atomic mass is 10.0. The maximum absolute atomic E-state index is 12.8. The maximum Gasteiger partial charge on any atom is 0.287 e. The molecule has 0 saturated carbocycles. The molecule has 8 heteroatoms. The van der Waals surface area contributed by atoms with Crippen LogP contribution < -0.4 is 10.9 Å². The van der Waals surface area contributed by atoms with Gasteiger partial charge in [0.25, 0.3) is 11.5 Å². The van der Waals surface area contributed by atoms with Crippen molar-refractivity contribution in [1.29, 1.82) is 0 Å². The van der Waals surface area contributed by atoms with Gasteiger partial charge in [0, 0.05) is 31.8 Å². The average molecular weight is 431 g/mol. The summed E-state index contributed by atoms with van der Waals surface area (Å²) in [4.78, 5) is 27.2. The van der Waals surface area contributed by atoms with Crippen molar-refractivity contribution in [2.24, 2.45) is 5.92 Å². The molecule has 1 amide bonds. The van der Waals surface area contributed by atoms with E-state index in [0.29, 0.717) is 49.6 Å². The lowest BCUT2D eigenvalue weighted by Gasteiger charge is -2.32. The number of carbonyl (C=O) groups excluding carboxylic acids is 1. The number of rotatable bonds is 5. The number of nitrogens with one attached hydrogen (secondary N) is 1. The molecule has 2 aliphatic heterocycles. The van der Waals surface area contributed by atoms with Gasteiger partial charge in [-0.3, -0.25) is 9.59 Å². The van der Waals surface area contributed by atoms with Gasteiger partial charge in [-0.05, 0) is 43.7 Å². The third-order valence-electron chi connectivity index (χ3n) is 5.90. The number of carbonyl (C=O) groups is 1. The summed E-state index contributed by atoms with van der Waals surface area (Å²) in [6.45, 7) is 3.45. The number of anilines is 1. The summed E-state index contributed by atoms with van der Waals surface area (Å²) >= 11 is 6.36. The molecule has 7 nitrogen and oxygen atoms in total. The monoisotopic (exact) mass is 430 g/mol. The Hall–Kier alpha value is -2.38. The Balaban J connectivity index is 1.37. The molecule has 30 heavy (non-hydrogen) atoms. The molecule has 1 unspecified atom stereocenters. The van der Waals surface area contributed by atoms with E-state index in [1.54, 1.807) is 6.20 Å². The van der Waals surface area contributed by atoms with Crippen molar-refractivity contribution in [2.75, 3.05) is 38.2 Å². The van der Waals surface area contributed by atoms with E-state index in [-0.39, 0.29) is 22.5 Å². The van der Waals surface area contributed by atoms with Gasteiger partial charge in [0.05, 0.1) is 24.5 Å². The van der Waals surface area contributed by atoms with Crippen LogP contribution in [-0.4, -0.2) is 53.4 Å². The van der Waals surface area contributed by atoms with Gasteiger partial charge in [0.1, 0.15) is 5.02 Å². The first-order chi connectivity index (χ1) is 14.6. The van der Waals surface area contributed by atoms with Crippen LogP contribution in [0, 0.1) is 5.92 Å². The number of halogens is 1. The van der Waals surface area contributed by atoms with E-state index in [9.17, 15) is 9.59 Å². The number of hydrogen-bond donors (Lipinski definition) is 1. The summed E-state index contributed by atoms with van der Waals surface area (Å²) in [5.41, 5.74) is 0.975. The Morgan fingerprint density at radius 2 is 1.97 bits per heavy atom. The van der Waals surface area contributed by atoms with Crippen molar-refractivity contribution in [3.05, 3.63) is 57.5 Å². The van der Waals surface area contributed by atoms with Crippen LogP contribution in [0.4, 0.5) is 5.69 Å². The fraction of sp³-hybridized carbons (Fsp3) is 0.500. The molecule has 0 bridgehead atoms. The van der Waals surface area contributed by atoms with Crippen molar-refractivity contribution in [3.8, 4) is 0 Å². The molecular weight excluding hydrogens is 404 g/mol. The summed E-state index contributed by atoms with van der Waals surface area (Å²) in [6.07, 6.45) is 5.15. The lowest BCUT2D eigenvalue weighted by molar-refractivity contribution is 0.0595. The molecular formula is C22H27ClN4O3. The van der Waals surface area contributed by atoms with Crippen LogP contribution in [-0.2, 0) is 4.74 Å². The van der Waals surface area contributed by atoms with E-state index >= 15 is 0 Å². The Bertz CT molecular complexity index is 920. The van der Waals surface area contributed by atoms with E-state index in [2.05, 4.69) is 10.4 Å². The standard InChI is InChI=1S/C22H27ClN4O3/c23-20-19(24-13-16-5-4-12-30-15-16)14-25-27(22(20)29)18-8-10-26(11-9-18)21(28)17-6-2-1-3-7-17/h1-3,6-7,14,16,18,24H,4-5,8-13,15H2. The molecule has 2 aliphatic rings. The number of likely N-dealkylation sites (tertiary alicyclic amines) is 1. The molecule has 160 valence electrons. The zero-order valence-corrected chi connectivity index (χ0v) is 17.7. The Morgan fingerprint density at radius 3 is 2.67 bits per heavy atom. The highest BCUT2D eigenvalue weighted by atomic mass is 35.5. The molecule has 2 aromatic rings. The largest absolute Gasteiger partial charge is 0.382 e. The Labute approximate surface area is 181 Å². The maximum atomic E-state index is 12.8. The molecule has 1 aromatic heterocycles. The van der Waals surface area contributed by atoms with Gasteiger partial charge in [-0.1, -0.05) is 29.8 Å². The van der Waals surface area contributed by atoms with Crippen molar-refractivity contribution < 1.29 is 9.53 Å². The van der Waals surface area contributed by atoms with Crippen LogP contribution in [0.25, 0.3) is 0 Å². The zero-order chi connectivity index (χ0) is 20.9. The number of amides is 1. The second kappa shape index (κ2) is 9.62. The van der Waals surface area contributed by atoms with Crippen molar-refractivity contribution in [2.45, 2.75) is 31.7 Å². The third-order valence-corrected chi connectivity index (χ3v) is 6.26. The molecule has 0 radical (unpaired) electrons. The lowest BCUT2D eigenvalue weighted by Crippen LogP contribution is -2.41. The molecule has 1 aromatic carbocycles. The number of ether oxygens (including phenoxy) is 1. The minimum absolute atomic E-state index is 0.0265. The van der Waals surface area contributed by atoms with Crippen molar-refractivity contribution in [3.63, 3.8) is 0 Å². The van der Waals surface area contributed by atoms with Crippen LogP contribution >= 0.6 is 11.6 Å². The normalized spacial score (nSPS) is 20.2. The Morgan fingerprint density at radius 1 is 1.20 bits per heavy atom. The van der Waals surface area contributed by atoms with Crippen LogP contribution in [0.1, 0.15) is 42.1 Å². The fourth-order valence-electron chi connectivity index (χ4n) is 4.13. The van der Waals surface area contributed by atoms with Gasteiger partial charge >= 0.3 is 0 Å². The quantitative estimate of drug-likeness (QED) is 0.788. The highest BCUT2D eigenvalue weighted by Gasteiger charge is 2.26. The highest BCUT2D eigenvalue weighted by molar-refractivity contribution is 6.32. The van der Waals surface area contributed by atoms with Crippen LogP contribution in [0.2, 0.25) is 5.02 Å². The van der Waals surface area contributed by atoms with E-state index < -0.39 is 0 Å². The molecule has 1 N–H and O–H groups in total. The summed E-state index contributed by atoms with van der Waals surface area (Å²) in [6, 6.07) is 9.21. The van der Waals surface area contributed by atoms with Gasteiger partial charge in [-0.15, -0.1) is 0 Å². The molecule has 0 spiro atoms. The fourth-order valence-corrected chi connectivity index (χ4v) is 4.33. The second-order valence-corrected chi connectivity index (χ2v) is 8.35. The topological polar surface area (TPSA) is 76.5 Å². The summed E-state index contributed by atoms with van der Waals surface area (Å²) in [5, 5.41) is 7.80. The molecule has 2 fully saturated rings. The van der Waals surface area contributed by atoms with Crippen molar-refractivity contribution >= 4 is 23.2 Å². The predicted molar refractivity (Wildman–Crippen MR) is 116 cm³/mol. The third kappa shape index (κ3) is 4.68. The van der Waals surface area contributed by atoms with E-state index in [0.717, 1.165) is 26.1 Å². The van der Waals surface area contributed by atoms with Gasteiger partial charge < -0.3 is 15.0 Å². The van der Waals surface area contributed by atoms with Crippen LogP contribution in [0.3, 0.4) is 0 Å². The second-order valence-electron chi connectivity index (χ2n) is 7.98. The van der Waals surface area contributed by atoms with E-state index in [1.807, 2.05) is 35.2 Å². The van der Waals surface area contributed by atoms with Crippen LogP contribution in [0.15, 0.2) is 41.3 Å². The van der Waals surface area contributed by atoms with E-state index in [4.69, 9.17) is 16.3 Å². The van der Waals surface area contributed by atoms with Gasteiger partial charge in [-0.25, -0.2) is 4.68 Å². The van der Waals surface area contributed by atoms with Gasteiger partial charge in [0.15, 0.2) is 0 Å². The highest BCUT2D eigenvalue weighted by Crippen LogP contribution is 2.24. The van der Waals surface area contributed by atoms with Gasteiger partial charge in [-0.2, -0.15) is 5.10 Å². The minimum atomic E-state index is -0.283. The smallest absolute Gasteiger partial charge is 0.287 e. The molecule has 4 rings (SSSR count). The SMILES string of the molecule is O=C(c1ccccc1)N1CCC(n2ncc(NCC3CCCOC3)c(Cl)c2=O)CC1. The Kier molecular flexibility index (Phi) is 6.69. The summed E-state index contributed by atoms with van der Waals surface area (Å²) in [5.74, 6) is 0.447. The number of benzene rings is 1. The summed E-state index contributed by atoms with van der Waals surface area (Å²) < 4.78 is 6.97. The summed E-state index contributed by atoms with van der Waals surface area (Å²) in [7, 11) is 0. The van der Waals surface area contributed by atoms with Crippen molar-refractivity contribution in [1.82, 2.24) is 14.7 Å². The first kappa shape index (κ1) is 20.9. The predicted octanol–water partition coefficient (Wildman–Crippen LogP) is 3.21. The number of nitrogens with zero attached hydrogens (tertiary/aromatic N) is 3. The average Bonchev–Trinajstić information content (AvgIpc) is 2.81. The number of aromatic nitrogens is 2. The molecule has 3 heterocycles. The number of piperidine rings is 1. The first-order valence-corrected chi connectivity index (χ1v) is 10.9. The van der Waals surface area contributed by atoms with Gasteiger partial charge in [0.2, 0.25) is 0 Å². The molecule has 1 atom stereocenters. The number of hydrogen-bond acceptors (Lipinski definition) is 5. The minimum Gasteiger partial charge on any atom is -0.382 e. The first-order valence-electron chi connectivity index (χ1n) is 10.6.